The average molecular weight is 593 g/mol. The summed E-state index contributed by atoms with van der Waals surface area (Å²) in [6.45, 7) is 3.97. The molecule has 1 unspecified atom stereocenters. The molecule has 0 bridgehead atoms. The molecule has 1 atom stereocenters. The maximum absolute atomic E-state index is 14.2. The van der Waals surface area contributed by atoms with Crippen molar-refractivity contribution in [2.24, 2.45) is 4.99 Å². The largest absolute Gasteiger partial charge is 0.318 e. The highest BCUT2D eigenvalue weighted by Crippen LogP contribution is 2.42. The maximum atomic E-state index is 14.2. The van der Waals surface area contributed by atoms with Crippen molar-refractivity contribution in [3.8, 4) is 5.69 Å². The molecule has 0 saturated carbocycles. The molecule has 3 aromatic carbocycles. The van der Waals surface area contributed by atoms with Gasteiger partial charge < -0.3 is 4.57 Å². The van der Waals surface area contributed by atoms with Gasteiger partial charge in [-0.1, -0.05) is 65.4 Å². The Labute approximate surface area is 250 Å². The zero-order valence-electron chi connectivity index (χ0n) is 22.9. The normalized spacial score (nSPS) is 16.1. The van der Waals surface area contributed by atoms with Crippen molar-refractivity contribution in [1.82, 2.24) is 9.13 Å². The van der Waals surface area contributed by atoms with Crippen LogP contribution in [0.5, 0.6) is 0 Å². The van der Waals surface area contributed by atoms with Crippen LogP contribution in [0.2, 0.25) is 5.02 Å². The number of thiazole rings is 1. The summed E-state index contributed by atoms with van der Waals surface area (Å²) in [5.74, 6) is 0. The van der Waals surface area contributed by atoms with E-state index in [0.29, 0.717) is 14.4 Å². The number of halogens is 1. The van der Waals surface area contributed by atoms with Crippen LogP contribution in [0.4, 0.5) is 5.69 Å². The van der Waals surface area contributed by atoms with Crippen molar-refractivity contribution < 1.29 is 4.92 Å². The molecule has 0 radical (unpaired) electrons. The van der Waals surface area contributed by atoms with Gasteiger partial charge in [-0.05, 0) is 79.3 Å². The number of non-ortho nitro benzene ring substituents is 1. The Morgan fingerprint density at radius 1 is 1.02 bits per heavy atom. The molecule has 0 saturated heterocycles. The second-order valence-electron chi connectivity index (χ2n) is 10.6. The number of hydrogen-bond acceptors (Lipinski definition) is 5. The Morgan fingerprint density at radius 2 is 1.76 bits per heavy atom. The topological polar surface area (TPSA) is 82.4 Å². The molecule has 0 fully saturated rings. The molecule has 208 valence electrons. The van der Waals surface area contributed by atoms with Crippen LogP contribution >= 0.6 is 22.9 Å². The second kappa shape index (κ2) is 10.1. The smallest absolute Gasteiger partial charge is 0.271 e. The minimum absolute atomic E-state index is 0.0425. The number of aromatic nitrogens is 2. The highest BCUT2D eigenvalue weighted by molar-refractivity contribution is 7.07. The van der Waals surface area contributed by atoms with Gasteiger partial charge in [-0.3, -0.25) is 19.5 Å². The molecule has 9 heteroatoms. The maximum Gasteiger partial charge on any atom is 0.271 e. The van der Waals surface area contributed by atoms with Gasteiger partial charge >= 0.3 is 0 Å². The fourth-order valence-electron chi connectivity index (χ4n) is 6.19. The fourth-order valence-corrected chi connectivity index (χ4v) is 7.42. The summed E-state index contributed by atoms with van der Waals surface area (Å²) in [7, 11) is 0. The van der Waals surface area contributed by atoms with Gasteiger partial charge in [-0.25, -0.2) is 4.99 Å². The number of benzene rings is 3. The lowest BCUT2D eigenvalue weighted by Crippen LogP contribution is -2.38. The van der Waals surface area contributed by atoms with Gasteiger partial charge in [0.15, 0.2) is 4.80 Å². The first-order valence-electron chi connectivity index (χ1n) is 13.6. The average Bonchev–Trinajstić information content (AvgIpc) is 3.45. The van der Waals surface area contributed by atoms with Crippen LogP contribution in [0.1, 0.15) is 46.1 Å². The van der Waals surface area contributed by atoms with Crippen LogP contribution in [0, 0.1) is 24.0 Å². The Morgan fingerprint density at radius 3 is 2.52 bits per heavy atom. The van der Waals surface area contributed by atoms with Crippen molar-refractivity contribution in [2.45, 2.75) is 32.7 Å². The number of aryl methyl sites for hydroxylation is 2. The first-order chi connectivity index (χ1) is 20.3. The third kappa shape index (κ3) is 4.18. The molecule has 0 spiro atoms. The third-order valence-electron chi connectivity index (χ3n) is 8.15. The summed E-state index contributed by atoms with van der Waals surface area (Å²) in [6, 6.07) is 24.2. The summed E-state index contributed by atoms with van der Waals surface area (Å²) >= 11 is 8.14. The number of hydrogen-bond donors (Lipinski definition) is 0. The number of fused-ring (bicyclic) bond motifs is 3. The Balaban J connectivity index is 1.41. The van der Waals surface area contributed by atoms with Gasteiger partial charge in [0.25, 0.3) is 11.2 Å². The number of allylic oxidation sites excluding steroid dienone is 1. The predicted molar refractivity (Wildman–Crippen MR) is 166 cm³/mol. The summed E-state index contributed by atoms with van der Waals surface area (Å²) in [5.41, 5.74) is 8.87. The molecular weight excluding hydrogens is 568 g/mol. The second-order valence-corrected chi connectivity index (χ2v) is 12.0. The van der Waals surface area contributed by atoms with E-state index in [4.69, 9.17) is 16.6 Å². The van der Waals surface area contributed by atoms with Crippen molar-refractivity contribution in [2.75, 3.05) is 0 Å². The van der Waals surface area contributed by atoms with Crippen molar-refractivity contribution >= 4 is 40.4 Å². The fraction of sp³-hybridized carbons (Fsp3) is 0.152. The molecule has 2 aliphatic rings. The number of nitro benzene ring substituents is 1. The minimum atomic E-state index is -0.406. The van der Waals surface area contributed by atoms with E-state index < -0.39 is 4.92 Å². The summed E-state index contributed by atoms with van der Waals surface area (Å²) < 4.78 is 4.43. The molecule has 5 aromatic rings. The molecular formula is C33H25ClN4O3S. The van der Waals surface area contributed by atoms with E-state index in [2.05, 4.69) is 18.2 Å². The van der Waals surface area contributed by atoms with Gasteiger partial charge in [-0.15, -0.1) is 0 Å². The quantitative estimate of drug-likeness (QED) is 0.182. The molecule has 0 N–H and O–H groups in total. The van der Waals surface area contributed by atoms with Gasteiger partial charge in [-0.2, -0.15) is 0 Å². The molecule has 1 aliphatic carbocycles. The number of nitro groups is 1. The van der Waals surface area contributed by atoms with Gasteiger partial charge in [0.05, 0.1) is 21.2 Å². The Kier molecular flexibility index (Phi) is 6.33. The van der Waals surface area contributed by atoms with E-state index in [1.54, 1.807) is 16.7 Å². The molecule has 1 aliphatic heterocycles. The van der Waals surface area contributed by atoms with Crippen LogP contribution in [0.15, 0.2) is 94.2 Å². The predicted octanol–water partition coefficient (Wildman–Crippen LogP) is 6.29. The van der Waals surface area contributed by atoms with Crippen LogP contribution in [0.25, 0.3) is 17.5 Å². The lowest BCUT2D eigenvalue weighted by Gasteiger charge is -2.31. The van der Waals surface area contributed by atoms with E-state index in [9.17, 15) is 14.9 Å². The van der Waals surface area contributed by atoms with Crippen LogP contribution in [-0.2, 0) is 6.42 Å². The van der Waals surface area contributed by atoms with Crippen molar-refractivity contribution in [1.29, 1.82) is 0 Å². The number of nitrogens with zero attached hydrogens (tertiary/aromatic N) is 4. The van der Waals surface area contributed by atoms with Crippen LogP contribution in [-0.4, -0.2) is 14.1 Å². The van der Waals surface area contributed by atoms with Crippen molar-refractivity contribution in [3.63, 3.8) is 0 Å². The van der Waals surface area contributed by atoms with Gasteiger partial charge in [0, 0.05) is 39.8 Å². The minimum Gasteiger partial charge on any atom is -0.318 e. The molecule has 0 amide bonds. The molecule has 2 aromatic heterocycles. The monoisotopic (exact) mass is 592 g/mol. The number of rotatable bonds is 4. The van der Waals surface area contributed by atoms with Crippen LogP contribution < -0.4 is 14.9 Å². The summed E-state index contributed by atoms with van der Waals surface area (Å²) in [4.78, 5) is 30.6. The lowest BCUT2D eigenvalue weighted by atomic mass is 9.83. The highest BCUT2D eigenvalue weighted by Gasteiger charge is 2.33. The van der Waals surface area contributed by atoms with E-state index >= 15 is 0 Å². The lowest BCUT2D eigenvalue weighted by molar-refractivity contribution is -0.384. The summed E-state index contributed by atoms with van der Waals surface area (Å²) in [5, 5.41) is 11.7. The first kappa shape index (κ1) is 26.4. The Hall–Kier alpha value is -4.53. The van der Waals surface area contributed by atoms with E-state index in [-0.39, 0.29) is 17.3 Å². The van der Waals surface area contributed by atoms with Crippen molar-refractivity contribution in [3.05, 3.63) is 153 Å². The zero-order chi connectivity index (χ0) is 29.1. The van der Waals surface area contributed by atoms with Crippen LogP contribution in [0.3, 0.4) is 0 Å². The highest BCUT2D eigenvalue weighted by atomic mass is 35.5. The standard InChI is InChI=1S/C33H25ClN4O3S/c1-19-17-22(20(2)36(19)23-12-14-24(15-13-23)38(40)41)18-29-32(39)37-31(26-9-5-6-10-28(26)34)27-16-11-21-7-3-4-8-25(21)30(27)35-33(37)42-29/h3-10,12-15,17-18,31H,11,16H2,1-2H3/b29-18-. The molecule has 3 heterocycles. The molecule has 7 rings (SSSR count). The first-order valence-corrected chi connectivity index (χ1v) is 14.8. The van der Waals surface area contributed by atoms with E-state index in [0.717, 1.165) is 57.9 Å². The van der Waals surface area contributed by atoms with E-state index in [1.807, 2.05) is 60.9 Å². The molecule has 7 nitrogen and oxygen atoms in total. The SMILES string of the molecule is Cc1cc(/C=c2\sc3n(c2=O)C(c2ccccc2Cl)C2=C(N=3)c3ccccc3CC2)c(C)n1-c1ccc([N+](=O)[O-])cc1. The third-order valence-corrected chi connectivity index (χ3v) is 9.48. The summed E-state index contributed by atoms with van der Waals surface area (Å²) in [6.07, 6.45) is 3.60. The zero-order valence-corrected chi connectivity index (χ0v) is 24.4. The van der Waals surface area contributed by atoms with Gasteiger partial charge in [0.2, 0.25) is 0 Å². The Bertz CT molecular complexity index is 2140. The molecule has 42 heavy (non-hydrogen) atoms. The van der Waals surface area contributed by atoms with E-state index in [1.165, 1.54) is 29.0 Å². The van der Waals surface area contributed by atoms with Gasteiger partial charge in [0.1, 0.15) is 0 Å².